The first kappa shape index (κ1) is 21.1. The number of carbonyl (C=O) groups excluding carboxylic acids is 1. The Balaban J connectivity index is 1.59. The van der Waals surface area contributed by atoms with Crippen molar-refractivity contribution in [3.63, 3.8) is 0 Å². The average molecular weight is 409 g/mol. The number of nitrogens with zero attached hydrogens (tertiary/aromatic N) is 2. The molecule has 0 aliphatic carbocycles. The van der Waals surface area contributed by atoms with Gasteiger partial charge in [0.05, 0.1) is 18.8 Å². The first-order valence-corrected chi connectivity index (χ1v) is 11.7. The SMILES string of the molecule is COc1ccc(CC(=O)N2CC[C@H]3CN(CCC(C)C)S(=O)(=O)[C@H]3CC2)cc1. The molecule has 0 aromatic heterocycles. The number of ether oxygens (including phenoxy) is 1. The molecular weight excluding hydrogens is 376 g/mol. The third kappa shape index (κ3) is 4.69. The zero-order chi connectivity index (χ0) is 20.3. The fourth-order valence-electron chi connectivity index (χ4n) is 4.20. The summed E-state index contributed by atoms with van der Waals surface area (Å²) >= 11 is 0. The summed E-state index contributed by atoms with van der Waals surface area (Å²) in [5.41, 5.74) is 0.947. The maximum absolute atomic E-state index is 12.9. The van der Waals surface area contributed by atoms with Gasteiger partial charge in [0.2, 0.25) is 15.9 Å². The molecule has 3 rings (SSSR count). The highest BCUT2D eigenvalue weighted by atomic mass is 32.2. The van der Waals surface area contributed by atoms with Crippen LogP contribution in [0.3, 0.4) is 0 Å². The fraction of sp³-hybridized carbons (Fsp3) is 0.667. The van der Waals surface area contributed by atoms with Crippen molar-refractivity contribution < 1.29 is 17.9 Å². The number of rotatable bonds is 6. The van der Waals surface area contributed by atoms with Crippen LogP contribution in [-0.2, 0) is 21.2 Å². The average Bonchev–Trinajstić information content (AvgIpc) is 2.80. The first-order chi connectivity index (χ1) is 13.3. The van der Waals surface area contributed by atoms with Gasteiger partial charge in [-0.2, -0.15) is 0 Å². The van der Waals surface area contributed by atoms with E-state index >= 15 is 0 Å². The number of sulfonamides is 1. The maximum Gasteiger partial charge on any atom is 0.226 e. The van der Waals surface area contributed by atoms with E-state index in [0.29, 0.717) is 44.9 Å². The number of carbonyl (C=O) groups is 1. The zero-order valence-corrected chi connectivity index (χ0v) is 18.0. The van der Waals surface area contributed by atoms with Crippen LogP contribution in [0.5, 0.6) is 5.75 Å². The molecule has 0 unspecified atom stereocenters. The number of fused-ring (bicyclic) bond motifs is 1. The van der Waals surface area contributed by atoms with Gasteiger partial charge in [0.25, 0.3) is 0 Å². The molecule has 6 nitrogen and oxygen atoms in total. The van der Waals surface area contributed by atoms with Gasteiger partial charge >= 0.3 is 0 Å². The molecule has 0 spiro atoms. The van der Waals surface area contributed by atoms with Crippen molar-refractivity contribution in [3.05, 3.63) is 29.8 Å². The number of benzene rings is 1. The van der Waals surface area contributed by atoms with Gasteiger partial charge in [-0.05, 0) is 48.8 Å². The third-order valence-corrected chi connectivity index (χ3v) is 8.42. The summed E-state index contributed by atoms with van der Waals surface area (Å²) in [4.78, 5) is 14.6. The Morgan fingerprint density at radius 2 is 1.86 bits per heavy atom. The van der Waals surface area contributed by atoms with Crippen molar-refractivity contribution in [1.29, 1.82) is 0 Å². The summed E-state index contributed by atoms with van der Waals surface area (Å²) in [5.74, 6) is 1.47. The number of likely N-dealkylation sites (tertiary alicyclic amines) is 1. The maximum atomic E-state index is 12.9. The van der Waals surface area contributed by atoms with Gasteiger partial charge in [-0.15, -0.1) is 0 Å². The molecule has 156 valence electrons. The monoisotopic (exact) mass is 408 g/mol. The molecule has 1 aromatic rings. The van der Waals surface area contributed by atoms with Crippen molar-refractivity contribution in [3.8, 4) is 5.75 Å². The summed E-state index contributed by atoms with van der Waals surface area (Å²) in [6.07, 6.45) is 2.54. The Bertz CT molecular complexity index is 776. The topological polar surface area (TPSA) is 66.9 Å². The van der Waals surface area contributed by atoms with E-state index in [0.717, 1.165) is 24.2 Å². The Morgan fingerprint density at radius 1 is 1.18 bits per heavy atom. The van der Waals surface area contributed by atoms with Crippen LogP contribution in [0.4, 0.5) is 0 Å². The number of hydrogen-bond donors (Lipinski definition) is 0. The van der Waals surface area contributed by atoms with Crippen LogP contribution >= 0.6 is 0 Å². The lowest BCUT2D eigenvalue weighted by Gasteiger charge is -2.22. The Morgan fingerprint density at radius 3 is 2.50 bits per heavy atom. The van der Waals surface area contributed by atoms with Crippen LogP contribution in [0, 0.1) is 11.8 Å². The summed E-state index contributed by atoms with van der Waals surface area (Å²) in [5, 5.41) is -0.335. The second-order valence-electron chi connectivity index (χ2n) is 8.37. The summed E-state index contributed by atoms with van der Waals surface area (Å²) < 4.78 is 32.7. The second kappa shape index (κ2) is 8.82. The minimum Gasteiger partial charge on any atom is -0.497 e. The molecule has 7 heteroatoms. The van der Waals surface area contributed by atoms with Crippen molar-refractivity contribution in [2.24, 2.45) is 11.8 Å². The molecule has 2 atom stereocenters. The summed E-state index contributed by atoms with van der Waals surface area (Å²) in [6, 6.07) is 7.52. The molecule has 0 N–H and O–H groups in total. The largest absolute Gasteiger partial charge is 0.497 e. The van der Waals surface area contributed by atoms with Crippen molar-refractivity contribution >= 4 is 15.9 Å². The zero-order valence-electron chi connectivity index (χ0n) is 17.1. The van der Waals surface area contributed by atoms with Crippen LogP contribution in [0.25, 0.3) is 0 Å². The smallest absolute Gasteiger partial charge is 0.226 e. The van der Waals surface area contributed by atoms with E-state index in [1.165, 1.54) is 0 Å². The van der Waals surface area contributed by atoms with E-state index in [2.05, 4.69) is 13.8 Å². The second-order valence-corrected chi connectivity index (χ2v) is 10.5. The van der Waals surface area contributed by atoms with Gasteiger partial charge < -0.3 is 9.64 Å². The third-order valence-electron chi connectivity index (χ3n) is 5.98. The minimum atomic E-state index is -3.24. The Hall–Kier alpha value is -1.60. The van der Waals surface area contributed by atoms with Crippen LogP contribution in [0.2, 0.25) is 0 Å². The summed E-state index contributed by atoms with van der Waals surface area (Å²) in [7, 11) is -1.62. The molecular formula is C21H32N2O4S. The van der Waals surface area contributed by atoms with Gasteiger partial charge in [-0.1, -0.05) is 26.0 Å². The standard InChI is InChI=1S/C21H32N2O4S/c1-16(2)8-13-23-15-18-9-11-22(12-10-20(18)28(23,25)26)21(24)14-17-4-6-19(27-3)7-5-17/h4-7,16,18,20H,8-15H2,1-3H3/t18-,20-/m0/s1. The highest BCUT2D eigenvalue weighted by Crippen LogP contribution is 2.34. The van der Waals surface area contributed by atoms with E-state index in [-0.39, 0.29) is 17.1 Å². The van der Waals surface area contributed by atoms with Crippen molar-refractivity contribution in [2.75, 3.05) is 33.3 Å². The Labute approximate surface area is 168 Å². The van der Waals surface area contributed by atoms with Crippen LogP contribution < -0.4 is 4.74 Å². The molecule has 1 aromatic carbocycles. The molecule has 28 heavy (non-hydrogen) atoms. The molecule has 1 amide bonds. The number of methoxy groups -OCH3 is 1. The quantitative estimate of drug-likeness (QED) is 0.725. The summed E-state index contributed by atoms with van der Waals surface area (Å²) in [6.45, 7) is 6.63. The lowest BCUT2D eigenvalue weighted by atomic mass is 10.0. The van der Waals surface area contributed by atoms with Crippen LogP contribution in [0.15, 0.2) is 24.3 Å². The van der Waals surface area contributed by atoms with E-state index in [1.54, 1.807) is 11.4 Å². The highest BCUT2D eigenvalue weighted by molar-refractivity contribution is 7.90. The lowest BCUT2D eigenvalue weighted by molar-refractivity contribution is -0.130. The number of hydrogen-bond acceptors (Lipinski definition) is 4. The predicted molar refractivity (Wildman–Crippen MR) is 110 cm³/mol. The van der Waals surface area contributed by atoms with Gasteiger partial charge in [0.1, 0.15) is 5.75 Å². The van der Waals surface area contributed by atoms with Gasteiger partial charge in [-0.3, -0.25) is 4.79 Å². The molecule has 2 heterocycles. The lowest BCUT2D eigenvalue weighted by Crippen LogP contribution is -2.36. The van der Waals surface area contributed by atoms with Crippen molar-refractivity contribution in [1.82, 2.24) is 9.21 Å². The molecule has 2 saturated heterocycles. The van der Waals surface area contributed by atoms with E-state index in [1.807, 2.05) is 29.2 Å². The molecule has 0 radical (unpaired) electrons. The molecule has 0 saturated carbocycles. The van der Waals surface area contributed by atoms with E-state index in [4.69, 9.17) is 4.74 Å². The number of amides is 1. The molecule has 2 aliphatic heterocycles. The van der Waals surface area contributed by atoms with Crippen LogP contribution in [0.1, 0.15) is 38.7 Å². The normalized spacial score (nSPS) is 24.8. The molecule has 2 aliphatic rings. The predicted octanol–water partition coefficient (Wildman–Crippen LogP) is 2.54. The van der Waals surface area contributed by atoms with Crippen molar-refractivity contribution in [2.45, 2.75) is 44.8 Å². The fourth-order valence-corrected chi connectivity index (χ4v) is 6.45. The molecule has 2 fully saturated rings. The Kier molecular flexibility index (Phi) is 6.65. The van der Waals surface area contributed by atoms with Gasteiger partial charge in [-0.25, -0.2) is 12.7 Å². The van der Waals surface area contributed by atoms with Gasteiger partial charge in [0.15, 0.2) is 0 Å². The minimum absolute atomic E-state index is 0.0687. The highest BCUT2D eigenvalue weighted by Gasteiger charge is 2.46. The van der Waals surface area contributed by atoms with Crippen LogP contribution in [-0.4, -0.2) is 62.1 Å². The van der Waals surface area contributed by atoms with E-state index in [9.17, 15) is 13.2 Å². The van der Waals surface area contributed by atoms with Gasteiger partial charge in [0, 0.05) is 26.2 Å². The van der Waals surface area contributed by atoms with E-state index < -0.39 is 10.0 Å². The molecule has 0 bridgehead atoms. The first-order valence-electron chi connectivity index (χ1n) is 10.2.